The second-order valence-corrected chi connectivity index (χ2v) is 5.41. The SMILES string of the molecule is CC(C)(C)NC(=O)N1CCCCC1C(N)=NO. The molecule has 6 nitrogen and oxygen atoms in total. The number of nitrogens with two attached hydrogens (primary N) is 1. The van der Waals surface area contributed by atoms with E-state index in [0.717, 1.165) is 19.3 Å². The first-order valence-electron chi connectivity index (χ1n) is 5.91. The maximum atomic E-state index is 12.1. The molecule has 4 N–H and O–H groups in total. The molecular formula is C11H22N4O2. The largest absolute Gasteiger partial charge is 0.409 e. The lowest BCUT2D eigenvalue weighted by Gasteiger charge is -2.36. The van der Waals surface area contributed by atoms with Gasteiger partial charge < -0.3 is 21.2 Å². The van der Waals surface area contributed by atoms with Gasteiger partial charge in [0.2, 0.25) is 0 Å². The molecule has 17 heavy (non-hydrogen) atoms. The number of carbonyl (C=O) groups excluding carboxylic acids is 1. The number of rotatable bonds is 1. The number of piperidine rings is 1. The van der Waals surface area contributed by atoms with Crippen molar-refractivity contribution < 1.29 is 10.0 Å². The number of hydrogen-bond donors (Lipinski definition) is 3. The lowest BCUT2D eigenvalue weighted by atomic mass is 10.0. The molecule has 1 saturated heterocycles. The minimum atomic E-state index is -0.295. The number of amides is 2. The third kappa shape index (κ3) is 3.80. The van der Waals surface area contributed by atoms with Gasteiger partial charge >= 0.3 is 6.03 Å². The van der Waals surface area contributed by atoms with Crippen molar-refractivity contribution in [3.05, 3.63) is 0 Å². The van der Waals surface area contributed by atoms with Crippen molar-refractivity contribution in [2.75, 3.05) is 6.54 Å². The van der Waals surface area contributed by atoms with Crippen molar-refractivity contribution in [3.63, 3.8) is 0 Å². The van der Waals surface area contributed by atoms with Crippen molar-refractivity contribution in [1.82, 2.24) is 10.2 Å². The molecule has 2 amide bonds. The number of nitrogens with one attached hydrogen (secondary N) is 1. The van der Waals surface area contributed by atoms with Crippen molar-refractivity contribution >= 4 is 11.9 Å². The van der Waals surface area contributed by atoms with E-state index < -0.39 is 0 Å². The van der Waals surface area contributed by atoms with Crippen LogP contribution in [0.5, 0.6) is 0 Å². The summed E-state index contributed by atoms with van der Waals surface area (Å²) in [6.45, 7) is 6.41. The van der Waals surface area contributed by atoms with Gasteiger partial charge in [-0.05, 0) is 40.0 Å². The molecule has 0 radical (unpaired) electrons. The van der Waals surface area contributed by atoms with Gasteiger partial charge in [-0.2, -0.15) is 0 Å². The fourth-order valence-electron chi connectivity index (χ4n) is 1.94. The van der Waals surface area contributed by atoms with Crippen molar-refractivity contribution in [1.29, 1.82) is 0 Å². The molecule has 0 aliphatic carbocycles. The highest BCUT2D eigenvalue weighted by atomic mass is 16.4. The normalized spacial score (nSPS) is 22.4. The third-order valence-corrected chi connectivity index (χ3v) is 2.70. The van der Waals surface area contributed by atoms with Gasteiger partial charge in [-0.15, -0.1) is 0 Å². The van der Waals surface area contributed by atoms with Gasteiger partial charge in [0.05, 0.1) is 6.04 Å². The Morgan fingerprint density at radius 3 is 2.65 bits per heavy atom. The molecule has 1 atom stereocenters. The average Bonchev–Trinajstić information content (AvgIpc) is 2.25. The predicted octanol–water partition coefficient (Wildman–Crippen LogP) is 1.10. The van der Waals surface area contributed by atoms with Crippen LogP contribution in [0.1, 0.15) is 40.0 Å². The molecule has 1 rings (SSSR count). The third-order valence-electron chi connectivity index (χ3n) is 2.70. The number of likely N-dealkylation sites (tertiary alicyclic amines) is 1. The topological polar surface area (TPSA) is 91.0 Å². The smallest absolute Gasteiger partial charge is 0.318 e. The summed E-state index contributed by atoms with van der Waals surface area (Å²) in [7, 11) is 0. The van der Waals surface area contributed by atoms with E-state index in [1.807, 2.05) is 20.8 Å². The van der Waals surface area contributed by atoms with E-state index in [4.69, 9.17) is 10.9 Å². The molecule has 0 bridgehead atoms. The monoisotopic (exact) mass is 242 g/mol. The fraction of sp³-hybridized carbons (Fsp3) is 0.818. The molecule has 1 fully saturated rings. The second kappa shape index (κ2) is 5.25. The van der Waals surface area contributed by atoms with E-state index in [1.54, 1.807) is 4.90 Å². The molecule has 6 heteroatoms. The van der Waals surface area contributed by atoms with Crippen LogP contribution in [0.25, 0.3) is 0 Å². The average molecular weight is 242 g/mol. The molecule has 1 unspecified atom stereocenters. The Bertz CT molecular complexity index is 309. The van der Waals surface area contributed by atoms with Gasteiger partial charge in [-0.3, -0.25) is 0 Å². The van der Waals surface area contributed by atoms with Gasteiger partial charge in [0, 0.05) is 12.1 Å². The van der Waals surface area contributed by atoms with Crippen molar-refractivity contribution in [3.8, 4) is 0 Å². The van der Waals surface area contributed by atoms with E-state index in [9.17, 15) is 4.79 Å². The summed E-state index contributed by atoms with van der Waals surface area (Å²) in [6.07, 6.45) is 2.68. The Morgan fingerprint density at radius 1 is 1.47 bits per heavy atom. The number of hydrogen-bond acceptors (Lipinski definition) is 3. The van der Waals surface area contributed by atoms with Crippen LogP contribution in [-0.2, 0) is 0 Å². The Morgan fingerprint density at radius 2 is 2.12 bits per heavy atom. The van der Waals surface area contributed by atoms with Gasteiger partial charge in [0.25, 0.3) is 0 Å². The first-order valence-corrected chi connectivity index (χ1v) is 5.91. The van der Waals surface area contributed by atoms with Gasteiger partial charge in [0.15, 0.2) is 5.84 Å². The zero-order valence-corrected chi connectivity index (χ0v) is 10.7. The first kappa shape index (κ1) is 13.6. The molecule has 1 heterocycles. The first-order chi connectivity index (χ1) is 7.85. The van der Waals surface area contributed by atoms with Crippen LogP contribution in [0.3, 0.4) is 0 Å². The second-order valence-electron chi connectivity index (χ2n) is 5.41. The summed E-state index contributed by atoms with van der Waals surface area (Å²) in [5.41, 5.74) is 5.33. The zero-order valence-electron chi connectivity index (χ0n) is 10.7. The number of nitrogens with zero attached hydrogens (tertiary/aromatic N) is 2. The van der Waals surface area contributed by atoms with E-state index in [2.05, 4.69) is 10.5 Å². The lowest BCUT2D eigenvalue weighted by molar-refractivity contribution is 0.163. The summed E-state index contributed by atoms with van der Waals surface area (Å²) >= 11 is 0. The van der Waals surface area contributed by atoms with Gasteiger partial charge in [0.1, 0.15) is 0 Å². The molecule has 98 valence electrons. The quantitative estimate of drug-likeness (QED) is 0.278. The van der Waals surface area contributed by atoms with Crippen LogP contribution >= 0.6 is 0 Å². The Hall–Kier alpha value is -1.46. The molecule has 0 saturated carbocycles. The summed E-state index contributed by atoms with van der Waals surface area (Å²) in [5, 5.41) is 14.6. The Labute approximate surface area is 102 Å². The van der Waals surface area contributed by atoms with Crippen LogP contribution in [0.4, 0.5) is 4.79 Å². The number of carbonyl (C=O) groups is 1. The van der Waals surface area contributed by atoms with Crippen molar-refractivity contribution in [2.45, 2.75) is 51.6 Å². The van der Waals surface area contributed by atoms with Crippen LogP contribution in [-0.4, -0.2) is 40.1 Å². The highest BCUT2D eigenvalue weighted by Gasteiger charge is 2.31. The van der Waals surface area contributed by atoms with Crippen molar-refractivity contribution in [2.24, 2.45) is 10.9 Å². The van der Waals surface area contributed by atoms with Crippen LogP contribution < -0.4 is 11.1 Å². The van der Waals surface area contributed by atoms with E-state index >= 15 is 0 Å². The number of oxime groups is 1. The minimum absolute atomic E-state index is 0.105. The standard InChI is InChI=1S/C11H22N4O2/c1-11(2,3)13-10(16)15-7-5-4-6-8(15)9(12)14-17/h8,17H,4-7H2,1-3H3,(H2,12,14)(H,13,16). The summed E-state index contributed by atoms with van der Waals surface area (Å²) in [6, 6.07) is -0.454. The Balaban J connectivity index is 2.75. The molecule has 0 aromatic carbocycles. The summed E-state index contributed by atoms with van der Waals surface area (Å²) in [4.78, 5) is 13.7. The van der Waals surface area contributed by atoms with Gasteiger partial charge in [-0.25, -0.2) is 4.79 Å². The number of urea groups is 1. The van der Waals surface area contributed by atoms with Crippen LogP contribution in [0.2, 0.25) is 0 Å². The maximum Gasteiger partial charge on any atom is 0.318 e. The fourth-order valence-corrected chi connectivity index (χ4v) is 1.94. The highest BCUT2D eigenvalue weighted by Crippen LogP contribution is 2.18. The highest BCUT2D eigenvalue weighted by molar-refractivity contribution is 5.89. The van der Waals surface area contributed by atoms with E-state index in [-0.39, 0.29) is 23.4 Å². The lowest BCUT2D eigenvalue weighted by Crippen LogP contribution is -2.56. The Kier molecular flexibility index (Phi) is 4.20. The molecule has 0 aromatic rings. The van der Waals surface area contributed by atoms with E-state index in [1.165, 1.54) is 0 Å². The maximum absolute atomic E-state index is 12.1. The van der Waals surface area contributed by atoms with Crippen LogP contribution in [0, 0.1) is 0 Å². The van der Waals surface area contributed by atoms with Crippen LogP contribution in [0.15, 0.2) is 5.16 Å². The summed E-state index contributed by atoms with van der Waals surface area (Å²) in [5.74, 6) is 0.105. The van der Waals surface area contributed by atoms with Gasteiger partial charge in [-0.1, -0.05) is 5.16 Å². The molecular weight excluding hydrogens is 220 g/mol. The molecule has 0 spiro atoms. The number of amidine groups is 1. The van der Waals surface area contributed by atoms with E-state index in [0.29, 0.717) is 6.54 Å². The predicted molar refractivity (Wildman–Crippen MR) is 66.0 cm³/mol. The zero-order chi connectivity index (χ0) is 13.1. The summed E-state index contributed by atoms with van der Waals surface area (Å²) < 4.78 is 0. The minimum Gasteiger partial charge on any atom is -0.409 e. The molecule has 0 aromatic heterocycles. The molecule has 1 aliphatic heterocycles. The molecule has 1 aliphatic rings.